The molecule has 1 saturated heterocycles. The third kappa shape index (κ3) is 3.85. The van der Waals surface area contributed by atoms with Gasteiger partial charge in [0.1, 0.15) is 11.5 Å². The Morgan fingerprint density at radius 1 is 1.29 bits per heavy atom. The number of ketones is 1. The van der Waals surface area contributed by atoms with Crippen LogP contribution in [0.25, 0.3) is 0 Å². The van der Waals surface area contributed by atoms with Crippen LogP contribution in [0.3, 0.4) is 0 Å². The maximum absolute atomic E-state index is 12.3. The van der Waals surface area contributed by atoms with Crippen LogP contribution in [0.1, 0.15) is 50.0 Å². The number of hydrogen-bond donors (Lipinski definition) is 1. The Morgan fingerprint density at radius 3 is 3.05 bits per heavy atom. The second-order valence-corrected chi connectivity index (χ2v) is 6.37. The maximum Gasteiger partial charge on any atom is 0.133 e. The predicted molar refractivity (Wildman–Crippen MR) is 83.7 cm³/mol. The lowest BCUT2D eigenvalue weighted by atomic mass is 9.86. The molecule has 0 aromatic heterocycles. The van der Waals surface area contributed by atoms with Gasteiger partial charge in [-0.05, 0) is 62.2 Å². The third-order valence-electron chi connectivity index (χ3n) is 4.79. The summed E-state index contributed by atoms with van der Waals surface area (Å²) in [6.45, 7) is 2.97. The molecular weight excluding hydrogens is 262 g/mol. The molecule has 114 valence electrons. The lowest BCUT2D eigenvalue weighted by molar-refractivity contribution is -0.119. The fourth-order valence-electron chi connectivity index (χ4n) is 3.54. The molecule has 1 aromatic carbocycles. The van der Waals surface area contributed by atoms with Crippen molar-refractivity contribution in [1.82, 2.24) is 5.32 Å². The molecule has 0 bridgehead atoms. The van der Waals surface area contributed by atoms with Gasteiger partial charge >= 0.3 is 0 Å². The summed E-state index contributed by atoms with van der Waals surface area (Å²) in [5.41, 5.74) is 1.22. The van der Waals surface area contributed by atoms with Crippen LogP contribution in [-0.2, 0) is 4.79 Å². The lowest BCUT2D eigenvalue weighted by Gasteiger charge is -2.26. The second-order valence-electron chi connectivity index (χ2n) is 6.37. The van der Waals surface area contributed by atoms with E-state index >= 15 is 0 Å². The summed E-state index contributed by atoms with van der Waals surface area (Å²) < 4.78 is 5.67. The van der Waals surface area contributed by atoms with Gasteiger partial charge in [-0.3, -0.25) is 4.79 Å². The summed E-state index contributed by atoms with van der Waals surface area (Å²) in [7, 11) is 0. The SMILES string of the molecule is O=C(CCC1CCCNC1)CC1CCOc2ccccc21. The average molecular weight is 287 g/mol. The topological polar surface area (TPSA) is 38.3 Å². The van der Waals surface area contributed by atoms with E-state index in [0.717, 1.165) is 44.7 Å². The van der Waals surface area contributed by atoms with Crippen LogP contribution in [0.15, 0.2) is 24.3 Å². The molecule has 3 rings (SSSR count). The van der Waals surface area contributed by atoms with E-state index in [2.05, 4.69) is 11.4 Å². The summed E-state index contributed by atoms with van der Waals surface area (Å²) in [6.07, 6.45) is 5.98. The van der Waals surface area contributed by atoms with E-state index in [9.17, 15) is 4.79 Å². The number of fused-ring (bicyclic) bond motifs is 1. The first-order valence-corrected chi connectivity index (χ1v) is 8.27. The normalized spacial score (nSPS) is 25.0. The fourth-order valence-corrected chi connectivity index (χ4v) is 3.54. The highest BCUT2D eigenvalue weighted by atomic mass is 16.5. The van der Waals surface area contributed by atoms with Crippen LogP contribution in [0.4, 0.5) is 0 Å². The first-order valence-electron chi connectivity index (χ1n) is 8.27. The first-order chi connectivity index (χ1) is 10.3. The summed E-state index contributed by atoms with van der Waals surface area (Å²) in [6, 6.07) is 8.16. The van der Waals surface area contributed by atoms with E-state index in [0.29, 0.717) is 24.0 Å². The largest absolute Gasteiger partial charge is 0.493 e. The predicted octanol–water partition coefficient (Wildman–Crippen LogP) is 3.29. The molecule has 2 atom stereocenters. The Hall–Kier alpha value is -1.35. The van der Waals surface area contributed by atoms with E-state index < -0.39 is 0 Å². The van der Waals surface area contributed by atoms with Gasteiger partial charge in [-0.25, -0.2) is 0 Å². The molecule has 21 heavy (non-hydrogen) atoms. The molecule has 1 N–H and O–H groups in total. The molecule has 0 amide bonds. The van der Waals surface area contributed by atoms with Crippen molar-refractivity contribution >= 4 is 5.78 Å². The van der Waals surface area contributed by atoms with Crippen molar-refractivity contribution in [2.24, 2.45) is 5.92 Å². The van der Waals surface area contributed by atoms with Crippen molar-refractivity contribution in [2.75, 3.05) is 19.7 Å². The van der Waals surface area contributed by atoms with Gasteiger partial charge in [0.05, 0.1) is 6.61 Å². The van der Waals surface area contributed by atoms with E-state index in [-0.39, 0.29) is 0 Å². The van der Waals surface area contributed by atoms with E-state index in [1.807, 2.05) is 18.2 Å². The van der Waals surface area contributed by atoms with E-state index in [1.165, 1.54) is 18.4 Å². The number of carbonyl (C=O) groups excluding carboxylic acids is 1. The van der Waals surface area contributed by atoms with Gasteiger partial charge in [-0.1, -0.05) is 18.2 Å². The minimum absolute atomic E-state index is 0.354. The van der Waals surface area contributed by atoms with E-state index in [4.69, 9.17) is 4.74 Å². The van der Waals surface area contributed by atoms with Crippen molar-refractivity contribution < 1.29 is 9.53 Å². The van der Waals surface area contributed by atoms with Gasteiger partial charge in [-0.2, -0.15) is 0 Å². The number of Topliss-reactive ketones (excluding diaryl/α,β-unsaturated/α-hetero) is 1. The van der Waals surface area contributed by atoms with Crippen molar-refractivity contribution in [2.45, 2.75) is 44.4 Å². The zero-order valence-corrected chi connectivity index (χ0v) is 12.6. The Labute approximate surface area is 127 Å². The molecule has 0 saturated carbocycles. The molecular formula is C18H25NO2. The van der Waals surface area contributed by atoms with E-state index in [1.54, 1.807) is 0 Å². The summed E-state index contributed by atoms with van der Waals surface area (Å²) in [5.74, 6) is 2.44. The van der Waals surface area contributed by atoms with Crippen LogP contribution < -0.4 is 10.1 Å². The standard InChI is InChI=1S/C18H25NO2/c20-16(8-7-14-4-3-10-19-13-14)12-15-9-11-21-18-6-2-1-5-17(15)18/h1-2,5-6,14-15,19H,3-4,7-13H2. The molecule has 3 heteroatoms. The van der Waals surface area contributed by atoms with Crippen LogP contribution in [0.5, 0.6) is 5.75 Å². The van der Waals surface area contributed by atoms with Gasteiger partial charge in [-0.15, -0.1) is 0 Å². The molecule has 0 radical (unpaired) electrons. The van der Waals surface area contributed by atoms with Crippen molar-refractivity contribution in [1.29, 1.82) is 0 Å². The highest BCUT2D eigenvalue weighted by Gasteiger charge is 2.23. The first kappa shape index (κ1) is 14.6. The van der Waals surface area contributed by atoms with Crippen molar-refractivity contribution in [3.8, 4) is 5.75 Å². The zero-order valence-electron chi connectivity index (χ0n) is 12.6. The number of nitrogens with one attached hydrogen (secondary N) is 1. The Bertz CT molecular complexity index is 480. The van der Waals surface area contributed by atoms with Gasteiger partial charge in [0.25, 0.3) is 0 Å². The quantitative estimate of drug-likeness (QED) is 0.903. The molecule has 0 spiro atoms. The minimum Gasteiger partial charge on any atom is -0.493 e. The van der Waals surface area contributed by atoms with Gasteiger partial charge < -0.3 is 10.1 Å². The third-order valence-corrected chi connectivity index (χ3v) is 4.79. The number of piperidine rings is 1. The number of para-hydroxylation sites is 1. The summed E-state index contributed by atoms with van der Waals surface area (Å²) in [4.78, 5) is 12.3. The number of benzene rings is 1. The molecule has 3 nitrogen and oxygen atoms in total. The van der Waals surface area contributed by atoms with Crippen LogP contribution in [-0.4, -0.2) is 25.5 Å². The zero-order chi connectivity index (χ0) is 14.5. The average Bonchev–Trinajstić information content (AvgIpc) is 2.54. The van der Waals surface area contributed by atoms with Crippen LogP contribution >= 0.6 is 0 Å². The second kappa shape index (κ2) is 7.08. The highest BCUT2D eigenvalue weighted by molar-refractivity contribution is 5.79. The van der Waals surface area contributed by atoms with Crippen LogP contribution in [0, 0.1) is 5.92 Å². The maximum atomic E-state index is 12.3. The fraction of sp³-hybridized carbons (Fsp3) is 0.611. The van der Waals surface area contributed by atoms with Crippen molar-refractivity contribution in [3.05, 3.63) is 29.8 Å². The summed E-state index contributed by atoms with van der Waals surface area (Å²) in [5, 5.41) is 3.43. The number of rotatable bonds is 5. The lowest BCUT2D eigenvalue weighted by Crippen LogP contribution is -2.30. The molecule has 2 unspecified atom stereocenters. The molecule has 0 aliphatic carbocycles. The highest BCUT2D eigenvalue weighted by Crippen LogP contribution is 2.36. The Kier molecular flexibility index (Phi) is 4.91. The van der Waals surface area contributed by atoms with Gasteiger partial charge in [0, 0.05) is 12.8 Å². The molecule has 2 heterocycles. The molecule has 2 aliphatic heterocycles. The molecule has 1 aromatic rings. The molecule has 2 aliphatic rings. The smallest absolute Gasteiger partial charge is 0.133 e. The number of hydrogen-bond acceptors (Lipinski definition) is 3. The monoisotopic (exact) mass is 287 g/mol. The van der Waals surface area contributed by atoms with Crippen molar-refractivity contribution in [3.63, 3.8) is 0 Å². The van der Waals surface area contributed by atoms with Gasteiger partial charge in [0.2, 0.25) is 0 Å². The number of ether oxygens (including phenoxy) is 1. The summed E-state index contributed by atoms with van der Waals surface area (Å²) >= 11 is 0. The van der Waals surface area contributed by atoms with Crippen LogP contribution in [0.2, 0.25) is 0 Å². The Morgan fingerprint density at radius 2 is 2.19 bits per heavy atom. The molecule has 1 fully saturated rings. The van der Waals surface area contributed by atoms with Gasteiger partial charge in [0.15, 0.2) is 0 Å². The minimum atomic E-state index is 0.354. The number of carbonyl (C=O) groups is 1. The Balaban J connectivity index is 1.51.